The molecular formula is C14H13N5O2S. The third kappa shape index (κ3) is 3.65. The molecule has 0 bridgehead atoms. The zero-order chi connectivity index (χ0) is 16.1. The van der Waals surface area contributed by atoms with Crippen LogP contribution in [0, 0.1) is 18.3 Å². The maximum absolute atomic E-state index is 12.1. The number of nitrogens with two attached hydrogens (primary N) is 1. The lowest BCUT2D eigenvalue weighted by Crippen LogP contribution is -2.23. The molecule has 0 aliphatic heterocycles. The summed E-state index contributed by atoms with van der Waals surface area (Å²) >= 11 is 1.05. The lowest BCUT2D eigenvalue weighted by atomic mass is 10.1. The van der Waals surface area contributed by atoms with Crippen molar-refractivity contribution in [1.29, 1.82) is 5.26 Å². The molecule has 112 valence electrons. The van der Waals surface area contributed by atoms with Gasteiger partial charge in [-0.25, -0.2) is 4.98 Å². The van der Waals surface area contributed by atoms with Gasteiger partial charge in [-0.15, -0.1) is 0 Å². The molecule has 0 radical (unpaired) electrons. The Bertz CT molecular complexity index is 792. The highest BCUT2D eigenvalue weighted by Crippen LogP contribution is 2.16. The van der Waals surface area contributed by atoms with Crippen LogP contribution >= 0.6 is 11.8 Å². The van der Waals surface area contributed by atoms with Crippen LogP contribution in [0.25, 0.3) is 0 Å². The van der Waals surface area contributed by atoms with E-state index >= 15 is 0 Å². The number of nitrogens with one attached hydrogen (secondary N) is 2. The lowest BCUT2D eigenvalue weighted by molar-refractivity contribution is 0.102. The first-order valence-corrected chi connectivity index (χ1v) is 7.27. The van der Waals surface area contributed by atoms with Crippen molar-refractivity contribution in [3.8, 4) is 6.07 Å². The van der Waals surface area contributed by atoms with Crippen molar-refractivity contribution >= 4 is 29.2 Å². The number of thioether (sulfide) groups is 1. The molecule has 0 aliphatic carbocycles. The highest BCUT2D eigenvalue weighted by molar-refractivity contribution is 7.99. The van der Waals surface area contributed by atoms with Gasteiger partial charge < -0.3 is 11.1 Å². The second kappa shape index (κ2) is 6.78. The summed E-state index contributed by atoms with van der Waals surface area (Å²) in [6.07, 6.45) is 0. The van der Waals surface area contributed by atoms with Crippen molar-refractivity contribution in [2.24, 2.45) is 0 Å². The average Bonchev–Trinajstić information content (AvgIpc) is 2.49. The quantitative estimate of drug-likeness (QED) is 0.580. The molecule has 0 saturated heterocycles. The van der Waals surface area contributed by atoms with Crippen LogP contribution in [-0.2, 0) is 0 Å². The van der Waals surface area contributed by atoms with E-state index < -0.39 is 11.5 Å². The number of aromatic amines is 1. The van der Waals surface area contributed by atoms with E-state index in [1.165, 1.54) is 0 Å². The van der Waals surface area contributed by atoms with Crippen LogP contribution in [0.15, 0.2) is 34.2 Å². The molecule has 8 heteroatoms. The molecule has 0 spiro atoms. The minimum atomic E-state index is -0.562. The van der Waals surface area contributed by atoms with Gasteiger partial charge in [-0.3, -0.25) is 14.6 Å². The first-order chi connectivity index (χ1) is 10.5. The summed E-state index contributed by atoms with van der Waals surface area (Å²) < 4.78 is 0. The Kier molecular flexibility index (Phi) is 4.80. The standard InChI is InChI=1S/C14H13N5O2S/c1-8-2-4-9(5-3-8)12(20)17-10-11(16)18-14(19-13(10)21)22-7-6-15/h2-5H,7H2,1H3,(H,17,20)(H3,16,18,19,21). The fourth-order valence-electron chi connectivity index (χ4n) is 1.65. The zero-order valence-electron chi connectivity index (χ0n) is 11.7. The van der Waals surface area contributed by atoms with Crippen molar-refractivity contribution in [2.75, 3.05) is 16.8 Å². The highest BCUT2D eigenvalue weighted by atomic mass is 32.2. The molecule has 1 aromatic carbocycles. The number of carbonyl (C=O) groups is 1. The summed E-state index contributed by atoms with van der Waals surface area (Å²) in [4.78, 5) is 30.5. The Balaban J connectivity index is 2.23. The van der Waals surface area contributed by atoms with Crippen molar-refractivity contribution in [2.45, 2.75) is 12.1 Å². The van der Waals surface area contributed by atoms with Crippen LogP contribution in [0.2, 0.25) is 0 Å². The summed E-state index contributed by atoms with van der Waals surface area (Å²) in [5.74, 6) is -0.404. The predicted molar refractivity (Wildman–Crippen MR) is 84.7 cm³/mol. The number of aryl methyl sites for hydroxylation is 1. The van der Waals surface area contributed by atoms with Gasteiger partial charge in [0.15, 0.2) is 11.0 Å². The normalized spacial score (nSPS) is 10.0. The molecule has 1 amide bonds. The van der Waals surface area contributed by atoms with Crippen molar-refractivity contribution in [1.82, 2.24) is 9.97 Å². The number of amides is 1. The molecule has 0 saturated carbocycles. The highest BCUT2D eigenvalue weighted by Gasteiger charge is 2.13. The average molecular weight is 315 g/mol. The van der Waals surface area contributed by atoms with Gasteiger partial charge in [0, 0.05) is 5.56 Å². The van der Waals surface area contributed by atoms with Crippen LogP contribution in [0.3, 0.4) is 0 Å². The molecule has 2 rings (SSSR count). The molecule has 0 aliphatic rings. The van der Waals surface area contributed by atoms with Gasteiger partial charge in [-0.1, -0.05) is 29.5 Å². The van der Waals surface area contributed by atoms with Gasteiger partial charge in [-0.2, -0.15) is 5.26 Å². The lowest BCUT2D eigenvalue weighted by Gasteiger charge is -2.08. The summed E-state index contributed by atoms with van der Waals surface area (Å²) in [5.41, 5.74) is 6.47. The summed E-state index contributed by atoms with van der Waals surface area (Å²) in [7, 11) is 0. The molecule has 0 atom stereocenters. The Hall–Kier alpha value is -2.79. The fraction of sp³-hybridized carbons (Fsp3) is 0.143. The number of aromatic nitrogens is 2. The second-order valence-electron chi connectivity index (χ2n) is 4.40. The fourth-order valence-corrected chi connectivity index (χ4v) is 2.18. The van der Waals surface area contributed by atoms with Gasteiger partial charge in [0.2, 0.25) is 0 Å². The Morgan fingerprint density at radius 2 is 2.14 bits per heavy atom. The van der Waals surface area contributed by atoms with E-state index in [1.54, 1.807) is 24.3 Å². The van der Waals surface area contributed by atoms with Crippen LogP contribution in [0.4, 0.5) is 11.5 Å². The molecule has 0 unspecified atom stereocenters. The van der Waals surface area contributed by atoms with Gasteiger partial charge in [-0.05, 0) is 19.1 Å². The van der Waals surface area contributed by atoms with Gasteiger partial charge in [0.25, 0.3) is 11.5 Å². The van der Waals surface area contributed by atoms with E-state index in [9.17, 15) is 9.59 Å². The third-order valence-electron chi connectivity index (χ3n) is 2.75. The Labute approximate surface area is 130 Å². The van der Waals surface area contributed by atoms with E-state index in [-0.39, 0.29) is 22.4 Å². The summed E-state index contributed by atoms with van der Waals surface area (Å²) in [6.45, 7) is 1.91. The topological polar surface area (TPSA) is 125 Å². The summed E-state index contributed by atoms with van der Waals surface area (Å²) in [5, 5.41) is 11.2. The minimum absolute atomic E-state index is 0.0929. The van der Waals surface area contributed by atoms with E-state index in [1.807, 2.05) is 13.0 Å². The zero-order valence-corrected chi connectivity index (χ0v) is 12.5. The van der Waals surface area contributed by atoms with E-state index in [4.69, 9.17) is 11.0 Å². The van der Waals surface area contributed by atoms with Crippen LogP contribution < -0.4 is 16.6 Å². The molecule has 0 fully saturated rings. The number of H-pyrrole nitrogens is 1. The van der Waals surface area contributed by atoms with Gasteiger partial charge in [0.05, 0.1) is 11.8 Å². The summed E-state index contributed by atoms with van der Waals surface area (Å²) in [6, 6.07) is 8.81. The first-order valence-electron chi connectivity index (χ1n) is 6.29. The van der Waals surface area contributed by atoms with E-state index in [0.717, 1.165) is 17.3 Å². The van der Waals surface area contributed by atoms with Crippen LogP contribution in [0.5, 0.6) is 0 Å². The van der Waals surface area contributed by atoms with Gasteiger partial charge >= 0.3 is 0 Å². The molecule has 1 heterocycles. The molecular weight excluding hydrogens is 302 g/mol. The van der Waals surface area contributed by atoms with Crippen molar-refractivity contribution in [3.63, 3.8) is 0 Å². The second-order valence-corrected chi connectivity index (χ2v) is 5.36. The number of carbonyl (C=O) groups excluding carboxylic acids is 1. The number of nitriles is 1. The first kappa shape index (κ1) is 15.6. The Morgan fingerprint density at radius 3 is 2.73 bits per heavy atom. The third-order valence-corrected chi connectivity index (χ3v) is 3.49. The number of hydrogen-bond donors (Lipinski definition) is 3. The van der Waals surface area contributed by atoms with Crippen molar-refractivity contribution in [3.05, 3.63) is 45.7 Å². The largest absolute Gasteiger partial charge is 0.382 e. The van der Waals surface area contributed by atoms with E-state index in [2.05, 4.69) is 15.3 Å². The minimum Gasteiger partial charge on any atom is -0.382 e. The molecule has 7 nitrogen and oxygen atoms in total. The van der Waals surface area contributed by atoms with Crippen molar-refractivity contribution < 1.29 is 4.79 Å². The van der Waals surface area contributed by atoms with Crippen LogP contribution in [0.1, 0.15) is 15.9 Å². The monoisotopic (exact) mass is 315 g/mol. The molecule has 1 aromatic heterocycles. The molecule has 22 heavy (non-hydrogen) atoms. The molecule has 4 N–H and O–H groups in total. The number of anilines is 2. The van der Waals surface area contributed by atoms with Crippen LogP contribution in [-0.4, -0.2) is 21.6 Å². The smallest absolute Gasteiger partial charge is 0.277 e. The maximum atomic E-state index is 12.1. The number of benzene rings is 1. The number of hydrogen-bond acceptors (Lipinski definition) is 6. The predicted octanol–water partition coefficient (Wildman–Crippen LogP) is 1.53. The van der Waals surface area contributed by atoms with Gasteiger partial charge in [0.1, 0.15) is 5.69 Å². The SMILES string of the molecule is Cc1ccc(C(=O)Nc2c(N)nc(SCC#N)[nH]c2=O)cc1. The number of rotatable bonds is 4. The van der Waals surface area contributed by atoms with E-state index in [0.29, 0.717) is 5.56 Å². The maximum Gasteiger partial charge on any atom is 0.277 e. The number of nitrogens with zero attached hydrogens (tertiary/aromatic N) is 2. The Morgan fingerprint density at radius 1 is 1.45 bits per heavy atom. The molecule has 2 aromatic rings. The number of nitrogen functional groups attached to an aromatic ring is 1.